The number of hydrogen-bond donors (Lipinski definition) is 1. The molecule has 0 saturated carbocycles. The van der Waals surface area contributed by atoms with E-state index in [4.69, 9.17) is 23.2 Å². The van der Waals surface area contributed by atoms with Gasteiger partial charge in [-0.15, -0.1) is 11.3 Å². The Hall–Kier alpha value is -1.89. The van der Waals surface area contributed by atoms with Gasteiger partial charge < -0.3 is 5.11 Å². The first-order valence-electron chi connectivity index (χ1n) is 7.79. The minimum atomic E-state index is -0.201. The number of phenols is 1. The molecule has 2 heterocycles. The molecule has 0 spiro atoms. The van der Waals surface area contributed by atoms with Crippen LogP contribution in [0.2, 0.25) is 10.0 Å². The highest BCUT2D eigenvalue weighted by Gasteiger charge is 2.19. The minimum absolute atomic E-state index is 0.127. The van der Waals surface area contributed by atoms with Crippen molar-refractivity contribution in [2.24, 2.45) is 5.10 Å². The van der Waals surface area contributed by atoms with Gasteiger partial charge in [-0.25, -0.2) is 4.98 Å². The topological polar surface area (TPSA) is 67.5 Å². The maximum atomic E-state index is 12.8. The lowest BCUT2D eigenvalue weighted by Gasteiger charge is -2.09. The van der Waals surface area contributed by atoms with Gasteiger partial charge in [0.25, 0.3) is 5.56 Å². The molecule has 8 heteroatoms. The number of benzene rings is 1. The molecule has 5 nitrogen and oxygen atoms in total. The molecule has 0 saturated heterocycles. The second-order valence-electron chi connectivity index (χ2n) is 5.86. The van der Waals surface area contributed by atoms with Crippen LogP contribution in [0.15, 0.2) is 28.4 Å². The molecule has 0 amide bonds. The number of nitrogens with zero attached hydrogens (tertiary/aromatic N) is 3. The van der Waals surface area contributed by atoms with Crippen LogP contribution in [-0.4, -0.2) is 21.0 Å². The molecule has 128 valence electrons. The molecular weight excluding hydrogens is 381 g/mol. The van der Waals surface area contributed by atoms with Crippen LogP contribution in [0.1, 0.15) is 28.8 Å². The number of aromatic nitrogens is 2. The van der Waals surface area contributed by atoms with Crippen LogP contribution in [0, 0.1) is 0 Å². The summed E-state index contributed by atoms with van der Waals surface area (Å²) in [6.45, 7) is 0. The fourth-order valence-corrected chi connectivity index (χ4v) is 4.76. The molecule has 25 heavy (non-hydrogen) atoms. The minimum Gasteiger partial charge on any atom is -0.506 e. The summed E-state index contributed by atoms with van der Waals surface area (Å²) in [7, 11) is 0. The molecule has 2 aromatic heterocycles. The second kappa shape index (κ2) is 6.44. The lowest BCUT2D eigenvalue weighted by molar-refractivity contribution is 0.474. The van der Waals surface area contributed by atoms with Gasteiger partial charge >= 0.3 is 0 Å². The molecule has 0 atom stereocenters. The number of aromatic hydroxyl groups is 1. The van der Waals surface area contributed by atoms with Crippen molar-refractivity contribution in [2.75, 3.05) is 0 Å². The van der Waals surface area contributed by atoms with Crippen LogP contribution in [0.25, 0.3) is 10.2 Å². The summed E-state index contributed by atoms with van der Waals surface area (Å²) in [6.07, 6.45) is 6.90. The molecule has 1 aliphatic rings. The number of hydrogen-bond acceptors (Lipinski definition) is 5. The van der Waals surface area contributed by atoms with E-state index in [0.29, 0.717) is 16.0 Å². The molecule has 1 aliphatic carbocycles. The molecule has 0 bridgehead atoms. The first-order valence-corrected chi connectivity index (χ1v) is 9.36. The Labute approximate surface area is 157 Å². The number of phenolic OH excluding ortho intramolecular Hbond substituents is 1. The van der Waals surface area contributed by atoms with Crippen LogP contribution in [0.3, 0.4) is 0 Å². The Morgan fingerprint density at radius 2 is 2.08 bits per heavy atom. The average Bonchev–Trinajstić information content (AvgIpc) is 2.97. The van der Waals surface area contributed by atoms with Crippen molar-refractivity contribution >= 4 is 51.0 Å². The van der Waals surface area contributed by atoms with E-state index >= 15 is 0 Å². The molecule has 1 N–H and O–H groups in total. The van der Waals surface area contributed by atoms with Crippen LogP contribution >= 0.6 is 34.5 Å². The van der Waals surface area contributed by atoms with E-state index in [0.717, 1.165) is 36.1 Å². The molecule has 0 aliphatic heterocycles. The zero-order valence-electron chi connectivity index (χ0n) is 13.0. The van der Waals surface area contributed by atoms with E-state index in [1.165, 1.54) is 34.2 Å². The number of halogens is 2. The predicted octanol–water partition coefficient (Wildman–Crippen LogP) is 4.23. The summed E-state index contributed by atoms with van der Waals surface area (Å²) in [5.41, 5.74) is 1.24. The largest absolute Gasteiger partial charge is 0.506 e. The van der Waals surface area contributed by atoms with Crippen molar-refractivity contribution in [3.8, 4) is 5.75 Å². The Morgan fingerprint density at radius 1 is 1.28 bits per heavy atom. The fraction of sp³-hybridized carbons (Fsp3) is 0.235. The zero-order chi connectivity index (χ0) is 17.6. The number of aryl methyl sites for hydroxylation is 2. The summed E-state index contributed by atoms with van der Waals surface area (Å²) in [4.78, 5) is 19.2. The van der Waals surface area contributed by atoms with Gasteiger partial charge in [-0.1, -0.05) is 23.2 Å². The van der Waals surface area contributed by atoms with Gasteiger partial charge in [0, 0.05) is 15.5 Å². The van der Waals surface area contributed by atoms with Crippen molar-refractivity contribution < 1.29 is 5.11 Å². The smallest absolute Gasteiger partial charge is 0.282 e. The molecule has 0 fully saturated rings. The quantitative estimate of drug-likeness (QED) is 0.662. The Bertz CT molecular complexity index is 1070. The lowest BCUT2D eigenvalue weighted by Crippen LogP contribution is -2.18. The van der Waals surface area contributed by atoms with Gasteiger partial charge in [-0.3, -0.25) is 4.79 Å². The SMILES string of the molecule is O=c1c2c3c(sc2ncn1/N=C\c1cc(Cl)cc(Cl)c1O)CCCC3. The monoisotopic (exact) mass is 393 g/mol. The maximum Gasteiger partial charge on any atom is 0.282 e. The maximum absolute atomic E-state index is 12.8. The van der Waals surface area contributed by atoms with Gasteiger partial charge in [0.15, 0.2) is 0 Å². The van der Waals surface area contributed by atoms with Crippen molar-refractivity contribution in [1.29, 1.82) is 0 Å². The highest BCUT2D eigenvalue weighted by molar-refractivity contribution is 7.18. The van der Waals surface area contributed by atoms with E-state index in [-0.39, 0.29) is 16.3 Å². The summed E-state index contributed by atoms with van der Waals surface area (Å²) in [5.74, 6) is -0.134. The second-order valence-corrected chi connectivity index (χ2v) is 7.78. The number of rotatable bonds is 2. The zero-order valence-corrected chi connectivity index (χ0v) is 15.3. The standard InChI is InChI=1S/C17H13Cl2N3O2S/c18-10-5-9(15(23)12(19)6-10)7-21-22-8-20-16-14(17(22)24)11-3-1-2-4-13(11)25-16/h5-8,23H,1-4H2/b21-7-. The highest BCUT2D eigenvalue weighted by Crippen LogP contribution is 2.33. The summed E-state index contributed by atoms with van der Waals surface area (Å²) in [5, 5.41) is 15.3. The van der Waals surface area contributed by atoms with Crippen LogP contribution in [0.5, 0.6) is 5.75 Å². The predicted molar refractivity (Wildman–Crippen MR) is 102 cm³/mol. The van der Waals surface area contributed by atoms with E-state index in [2.05, 4.69) is 10.1 Å². The Kier molecular flexibility index (Phi) is 4.27. The van der Waals surface area contributed by atoms with Crippen LogP contribution < -0.4 is 5.56 Å². The molecule has 1 aromatic carbocycles. The number of thiophene rings is 1. The highest BCUT2D eigenvalue weighted by atomic mass is 35.5. The molecular formula is C17H13Cl2N3O2S. The summed E-state index contributed by atoms with van der Waals surface area (Å²) >= 11 is 13.4. The fourth-order valence-electron chi connectivity index (χ4n) is 3.03. The van der Waals surface area contributed by atoms with E-state index < -0.39 is 0 Å². The van der Waals surface area contributed by atoms with Gasteiger partial charge in [0.05, 0.1) is 16.6 Å². The molecule has 0 unspecified atom stereocenters. The third-order valence-corrected chi connectivity index (χ3v) is 5.94. The van der Waals surface area contributed by atoms with Crippen LogP contribution in [-0.2, 0) is 12.8 Å². The summed E-state index contributed by atoms with van der Waals surface area (Å²) in [6, 6.07) is 2.96. The van der Waals surface area contributed by atoms with E-state index in [9.17, 15) is 9.90 Å². The first-order chi connectivity index (χ1) is 12.0. The van der Waals surface area contributed by atoms with Gasteiger partial charge in [0.1, 0.15) is 16.9 Å². The lowest BCUT2D eigenvalue weighted by atomic mass is 9.97. The van der Waals surface area contributed by atoms with Crippen molar-refractivity contribution in [3.05, 3.63) is 54.9 Å². The third-order valence-electron chi connectivity index (χ3n) is 4.24. The van der Waals surface area contributed by atoms with Gasteiger partial charge in [-0.05, 0) is 43.4 Å². The molecule has 0 radical (unpaired) electrons. The number of fused-ring (bicyclic) bond motifs is 3. The average molecular weight is 394 g/mol. The normalized spacial score (nSPS) is 14.3. The van der Waals surface area contributed by atoms with Crippen LogP contribution in [0.4, 0.5) is 0 Å². The molecule has 3 aromatic rings. The van der Waals surface area contributed by atoms with Crippen molar-refractivity contribution in [2.45, 2.75) is 25.7 Å². The van der Waals surface area contributed by atoms with E-state index in [1.807, 2.05) is 0 Å². The molecule has 4 rings (SSSR count). The van der Waals surface area contributed by atoms with Gasteiger partial charge in [0.2, 0.25) is 0 Å². The third kappa shape index (κ3) is 2.94. The Morgan fingerprint density at radius 3 is 2.92 bits per heavy atom. The van der Waals surface area contributed by atoms with Crippen molar-refractivity contribution in [1.82, 2.24) is 9.66 Å². The van der Waals surface area contributed by atoms with E-state index in [1.54, 1.807) is 11.3 Å². The van der Waals surface area contributed by atoms with Gasteiger partial charge in [-0.2, -0.15) is 9.78 Å². The first kappa shape index (κ1) is 16.6. The Balaban J connectivity index is 1.80. The summed E-state index contributed by atoms with van der Waals surface area (Å²) < 4.78 is 1.18. The van der Waals surface area contributed by atoms with Crippen molar-refractivity contribution in [3.63, 3.8) is 0 Å².